The van der Waals surface area contributed by atoms with Crippen LogP contribution >= 0.6 is 0 Å². The summed E-state index contributed by atoms with van der Waals surface area (Å²) in [5.74, 6) is -0.110. The van der Waals surface area contributed by atoms with E-state index in [0.717, 1.165) is 37.8 Å². The highest BCUT2D eigenvalue weighted by Gasteiger charge is 2.30. The van der Waals surface area contributed by atoms with Gasteiger partial charge in [-0.15, -0.1) is 0 Å². The van der Waals surface area contributed by atoms with Gasteiger partial charge in [-0.3, -0.25) is 14.1 Å². The van der Waals surface area contributed by atoms with Gasteiger partial charge in [-0.1, -0.05) is 71.9 Å². The molecule has 0 saturated heterocycles. The van der Waals surface area contributed by atoms with Gasteiger partial charge in [-0.05, 0) is 104 Å². The standard InChI is InChI=1S/C53H66N6O8S2/c1-29-21-31(3)50(56-45(60)27-52(7,8)9)33(5)48(29)54-38-25-41-36(23-40(38)58(13)14)47(35-19-17-18-20-43(35)69(64,65)66)37-24-44(68(62,63)59(15)16)39(26-42(37)67-41)55-49-30(2)22-32(4)51(34(49)6)57-46(61)28-53(10,11)12/h17-26,54H,27-28H2,1-16H3,(H,56,60)(H,57,61)(H,64,65,66)/b55-39+. The first-order valence-electron chi connectivity index (χ1n) is 22.7. The van der Waals surface area contributed by atoms with Crippen molar-refractivity contribution in [1.82, 2.24) is 4.31 Å². The lowest BCUT2D eigenvalue weighted by Crippen LogP contribution is -2.28. The van der Waals surface area contributed by atoms with Crippen molar-refractivity contribution in [3.63, 3.8) is 0 Å². The zero-order valence-corrected chi connectivity index (χ0v) is 44.3. The highest BCUT2D eigenvalue weighted by molar-refractivity contribution is 7.89. The van der Waals surface area contributed by atoms with Crippen LogP contribution in [0.4, 0.5) is 34.1 Å². The van der Waals surface area contributed by atoms with Gasteiger partial charge < -0.3 is 25.3 Å². The van der Waals surface area contributed by atoms with Gasteiger partial charge in [0.2, 0.25) is 21.8 Å². The molecule has 1 aliphatic heterocycles. The van der Waals surface area contributed by atoms with Gasteiger partial charge in [0.1, 0.15) is 21.1 Å². The van der Waals surface area contributed by atoms with Crippen LogP contribution in [0.15, 0.2) is 79.9 Å². The molecule has 16 heteroatoms. The molecule has 0 spiro atoms. The fraction of sp³-hybridized carbons (Fsp3) is 0.377. The monoisotopic (exact) mass is 978 g/mol. The average Bonchev–Trinajstić information content (AvgIpc) is 3.20. The van der Waals surface area contributed by atoms with Gasteiger partial charge in [-0.2, -0.15) is 8.42 Å². The summed E-state index contributed by atoms with van der Waals surface area (Å²) >= 11 is 0. The van der Waals surface area contributed by atoms with Crippen LogP contribution in [0.3, 0.4) is 0 Å². The minimum atomic E-state index is -4.83. The summed E-state index contributed by atoms with van der Waals surface area (Å²) < 4.78 is 73.8. The molecule has 0 aromatic heterocycles. The number of anilines is 5. The predicted molar refractivity (Wildman–Crippen MR) is 279 cm³/mol. The molecular formula is C53H66N6O8S2. The third-order valence-corrected chi connectivity index (χ3v) is 14.7. The van der Waals surface area contributed by atoms with Crippen molar-refractivity contribution >= 4 is 77.0 Å². The molecule has 1 heterocycles. The second kappa shape index (κ2) is 19.0. The van der Waals surface area contributed by atoms with E-state index in [9.17, 15) is 31.0 Å². The topological polar surface area (TPSA) is 191 Å². The lowest BCUT2D eigenvalue weighted by Gasteiger charge is -2.25. The Morgan fingerprint density at radius 2 is 1.20 bits per heavy atom. The Morgan fingerprint density at radius 3 is 1.74 bits per heavy atom. The van der Waals surface area contributed by atoms with E-state index in [2.05, 4.69) is 16.0 Å². The van der Waals surface area contributed by atoms with Gasteiger partial charge in [0.15, 0.2) is 0 Å². The number of rotatable bonds is 12. The first-order chi connectivity index (χ1) is 31.8. The maximum Gasteiger partial charge on any atom is 0.295 e. The predicted octanol–water partition coefficient (Wildman–Crippen LogP) is 11.3. The molecule has 0 radical (unpaired) electrons. The molecule has 4 aromatic carbocycles. The molecule has 2 aliphatic rings. The number of nitrogens with zero attached hydrogens (tertiary/aromatic N) is 3. The van der Waals surface area contributed by atoms with Crippen LogP contribution in [0.5, 0.6) is 0 Å². The van der Waals surface area contributed by atoms with Crippen molar-refractivity contribution in [1.29, 1.82) is 0 Å². The number of carbonyl (C=O) groups is 2. The molecule has 1 aliphatic carbocycles. The van der Waals surface area contributed by atoms with Crippen LogP contribution in [0.2, 0.25) is 0 Å². The maximum atomic E-state index is 14.5. The Kier molecular flexibility index (Phi) is 14.4. The largest absolute Gasteiger partial charge is 0.456 e. The fourth-order valence-electron chi connectivity index (χ4n) is 8.79. The number of carbonyl (C=O) groups excluding carboxylic acids is 2. The summed E-state index contributed by atoms with van der Waals surface area (Å²) in [6.45, 7) is 23.4. The molecule has 4 N–H and O–H groups in total. The van der Waals surface area contributed by atoms with Gasteiger partial charge in [0, 0.05) is 92.3 Å². The number of benzene rings is 5. The molecule has 0 unspecified atom stereocenters. The third kappa shape index (κ3) is 11.2. The number of fused-ring (bicyclic) bond motifs is 2. The van der Waals surface area contributed by atoms with Crippen molar-refractivity contribution in [2.24, 2.45) is 15.8 Å². The number of nitrogens with one attached hydrogen (secondary N) is 3. The molecule has 14 nitrogen and oxygen atoms in total. The van der Waals surface area contributed by atoms with Crippen LogP contribution in [0, 0.1) is 52.4 Å². The second-order valence-electron chi connectivity index (χ2n) is 20.9. The van der Waals surface area contributed by atoms with Gasteiger partial charge in [0.05, 0.1) is 22.4 Å². The smallest absolute Gasteiger partial charge is 0.295 e. The molecule has 4 aromatic rings. The van der Waals surface area contributed by atoms with Crippen molar-refractivity contribution in [2.45, 2.75) is 106 Å². The molecule has 0 saturated carbocycles. The van der Waals surface area contributed by atoms with E-state index >= 15 is 0 Å². The van der Waals surface area contributed by atoms with E-state index in [4.69, 9.17) is 9.41 Å². The zero-order chi connectivity index (χ0) is 51.5. The van der Waals surface area contributed by atoms with Crippen molar-refractivity contribution in [3.05, 3.63) is 99.4 Å². The van der Waals surface area contributed by atoms with Gasteiger partial charge in [0.25, 0.3) is 10.1 Å². The van der Waals surface area contributed by atoms with E-state index < -0.39 is 25.0 Å². The molecule has 2 amide bonds. The Bertz CT molecular complexity index is 3320. The quantitative estimate of drug-likeness (QED) is 0.0678. The van der Waals surface area contributed by atoms with Crippen LogP contribution in [0.1, 0.15) is 87.8 Å². The van der Waals surface area contributed by atoms with E-state index in [-0.39, 0.29) is 67.4 Å². The van der Waals surface area contributed by atoms with Gasteiger partial charge in [-0.25, -0.2) is 17.7 Å². The molecule has 0 bridgehead atoms. The first-order valence-corrected chi connectivity index (χ1v) is 25.6. The molecule has 368 valence electrons. The summed E-state index contributed by atoms with van der Waals surface area (Å²) in [6, 6.07) is 16.4. The lowest BCUT2D eigenvalue weighted by atomic mass is 9.91. The number of aryl methyl sites for hydroxylation is 4. The second-order valence-corrected chi connectivity index (χ2v) is 24.4. The van der Waals surface area contributed by atoms with Crippen LogP contribution in [-0.4, -0.2) is 65.7 Å². The highest BCUT2D eigenvalue weighted by atomic mass is 32.2. The van der Waals surface area contributed by atoms with Crippen LogP contribution in [-0.2, 0) is 29.7 Å². The maximum absolute atomic E-state index is 14.5. The third-order valence-electron chi connectivity index (χ3n) is 11.9. The lowest BCUT2D eigenvalue weighted by molar-refractivity contribution is -0.118. The SMILES string of the molecule is Cc1cc(C)c(NC(=O)CC(C)(C)C)c(C)c1/N=c1\cc2oc3cc(Nc4c(C)cc(C)c(NC(=O)CC(C)(C)C)c4C)c(N(C)C)cc3c(-c3ccccc3S(=O)(=O)O)c-2cc1S(=O)(=O)N(C)C. The number of amides is 2. The summed E-state index contributed by atoms with van der Waals surface area (Å²) in [7, 11) is -2.57. The van der Waals surface area contributed by atoms with Crippen LogP contribution < -0.4 is 26.2 Å². The Balaban J connectivity index is 1.72. The molecule has 6 rings (SSSR count). The number of sulfonamides is 1. The number of hydrogen-bond acceptors (Lipinski definition) is 10. The highest BCUT2D eigenvalue weighted by Crippen LogP contribution is 2.47. The summed E-state index contributed by atoms with van der Waals surface area (Å²) in [5, 5.41) is 10.3. The van der Waals surface area contributed by atoms with E-state index in [1.54, 1.807) is 18.2 Å². The Morgan fingerprint density at radius 1 is 0.667 bits per heavy atom. The minimum Gasteiger partial charge on any atom is -0.456 e. The van der Waals surface area contributed by atoms with Crippen LogP contribution in [0.25, 0.3) is 33.4 Å². The Labute approximate surface area is 407 Å². The van der Waals surface area contributed by atoms with E-state index in [0.29, 0.717) is 45.8 Å². The first kappa shape index (κ1) is 52.3. The molecule has 69 heavy (non-hydrogen) atoms. The van der Waals surface area contributed by atoms with E-state index in [1.165, 1.54) is 38.4 Å². The van der Waals surface area contributed by atoms with Crippen molar-refractivity contribution in [3.8, 4) is 22.5 Å². The number of hydrogen-bond donors (Lipinski definition) is 4. The summed E-state index contributed by atoms with van der Waals surface area (Å²) in [4.78, 5) is 32.8. The average molecular weight is 979 g/mol. The molecular weight excluding hydrogens is 913 g/mol. The zero-order valence-electron chi connectivity index (χ0n) is 42.7. The van der Waals surface area contributed by atoms with E-state index in [1.807, 2.05) is 120 Å². The summed E-state index contributed by atoms with van der Waals surface area (Å²) in [6.07, 6.45) is 0.601. The molecule has 0 fully saturated rings. The van der Waals surface area contributed by atoms with Gasteiger partial charge >= 0.3 is 0 Å². The van der Waals surface area contributed by atoms with Crippen molar-refractivity contribution in [2.75, 3.05) is 49.0 Å². The summed E-state index contributed by atoms with van der Waals surface area (Å²) in [5.41, 5.74) is 8.97. The normalized spacial score (nSPS) is 12.8. The molecule has 0 atom stereocenters. The minimum absolute atomic E-state index is 0.0329. The Hall–Kier alpha value is -6.07. The van der Waals surface area contributed by atoms with Crippen molar-refractivity contribution < 1.29 is 35.4 Å². The fourth-order valence-corrected chi connectivity index (χ4v) is 10.5.